The first-order chi connectivity index (χ1) is 20.2. The second-order valence-electron chi connectivity index (χ2n) is 11.5. The Morgan fingerprint density at radius 2 is 1.00 bits per heavy atom. The fraction of sp³-hybridized carbons (Fsp3) is 0.600. The summed E-state index contributed by atoms with van der Waals surface area (Å²) in [6.45, 7) is 6.70. The number of imide groups is 2. The van der Waals surface area contributed by atoms with Gasteiger partial charge in [0.05, 0.1) is 75.4 Å². The van der Waals surface area contributed by atoms with Gasteiger partial charge in [-0.05, 0) is 38.1 Å². The molecule has 0 spiro atoms. The Bertz CT molecular complexity index is 1140. The molecule has 226 valence electrons. The molecule has 4 aliphatic rings. The zero-order chi connectivity index (χ0) is 30.0. The molecule has 12 nitrogen and oxygen atoms in total. The van der Waals surface area contributed by atoms with E-state index >= 15 is 0 Å². The molecule has 4 amide bonds. The third kappa shape index (κ3) is 5.82. The van der Waals surface area contributed by atoms with E-state index < -0.39 is 12.1 Å². The molecule has 4 heterocycles. The summed E-state index contributed by atoms with van der Waals surface area (Å²) in [5.41, 5.74) is 0.804. The molecule has 4 fully saturated rings. The van der Waals surface area contributed by atoms with E-state index in [0.717, 1.165) is 9.80 Å². The molecule has 5 rings (SSSR count). The first kappa shape index (κ1) is 29.8. The Morgan fingerprint density at radius 3 is 1.31 bits per heavy atom. The number of ether oxygens (including phenoxy) is 2. The highest BCUT2D eigenvalue weighted by Crippen LogP contribution is 2.28. The number of carbonyl (C=O) groups excluding carboxylic acids is 6. The molecule has 0 aromatic heterocycles. The van der Waals surface area contributed by atoms with Gasteiger partial charge in [0, 0.05) is 25.7 Å². The minimum absolute atomic E-state index is 0.0976. The third-order valence-corrected chi connectivity index (χ3v) is 9.14. The Morgan fingerprint density at radius 1 is 0.667 bits per heavy atom. The second kappa shape index (κ2) is 12.7. The van der Waals surface area contributed by atoms with E-state index in [4.69, 9.17) is 9.47 Å². The number of likely N-dealkylation sites (tertiary alicyclic amines) is 2. The van der Waals surface area contributed by atoms with Crippen LogP contribution < -0.4 is 19.6 Å². The van der Waals surface area contributed by atoms with Crippen LogP contribution in [0.25, 0.3) is 0 Å². The Labute approximate surface area is 244 Å². The van der Waals surface area contributed by atoms with Gasteiger partial charge in [-0.2, -0.15) is 0 Å². The summed E-state index contributed by atoms with van der Waals surface area (Å²) in [5, 5.41) is 0. The van der Waals surface area contributed by atoms with Crippen molar-refractivity contribution < 1.29 is 48.0 Å². The maximum Gasteiger partial charge on any atom is 0.309 e. The van der Waals surface area contributed by atoms with Crippen LogP contribution in [0.5, 0.6) is 0 Å². The number of nitrogens with zero attached hydrogens (tertiary/aromatic N) is 2. The number of amides is 4. The zero-order valence-corrected chi connectivity index (χ0v) is 24.3. The number of piperidine rings is 2. The molecule has 42 heavy (non-hydrogen) atoms. The van der Waals surface area contributed by atoms with E-state index in [1.807, 2.05) is 0 Å². The van der Waals surface area contributed by atoms with Crippen molar-refractivity contribution >= 4 is 46.9 Å². The lowest BCUT2D eigenvalue weighted by Crippen LogP contribution is -3.17. The summed E-state index contributed by atoms with van der Waals surface area (Å²) in [5.74, 6) is -1.87. The fourth-order valence-electron chi connectivity index (χ4n) is 6.86. The number of benzene rings is 1. The largest absolute Gasteiger partial charge is 0.466 e. The van der Waals surface area contributed by atoms with Gasteiger partial charge in [0.1, 0.15) is 0 Å². The molecule has 0 bridgehead atoms. The molecule has 0 saturated carbocycles. The van der Waals surface area contributed by atoms with E-state index in [1.54, 1.807) is 38.1 Å². The fourth-order valence-corrected chi connectivity index (χ4v) is 6.86. The van der Waals surface area contributed by atoms with Crippen LogP contribution in [0.2, 0.25) is 0 Å². The first-order valence-corrected chi connectivity index (χ1v) is 15.1. The molecule has 4 saturated heterocycles. The lowest BCUT2D eigenvalue weighted by Gasteiger charge is -2.31. The predicted octanol–water partition coefficient (Wildman–Crippen LogP) is -1.33. The number of carbonyl (C=O) groups is 6. The number of rotatable bonds is 8. The maximum absolute atomic E-state index is 13.3. The molecule has 2 N–H and O–H groups in total. The number of quaternary nitrogens is 2. The van der Waals surface area contributed by atoms with Gasteiger partial charge in [-0.15, -0.1) is 0 Å². The standard InChI is InChI=1S/C30H38N4O8/c1-3-41-29(39)19-9-13-31(14-10-19)23-17-25(35)33(27(23)37)21-5-7-22(8-6-21)34-26(36)18-24(28(34)38)32-15-11-20(12-16-32)30(40)42-4-2/h5-8,19-20,23-24H,3-4,9-18H2,1-2H3/p+2/t23-,24-/m0/s1. The molecule has 0 unspecified atom stereocenters. The molecule has 0 aliphatic carbocycles. The topological polar surface area (TPSA) is 136 Å². The monoisotopic (exact) mass is 584 g/mol. The summed E-state index contributed by atoms with van der Waals surface area (Å²) in [6, 6.07) is 5.39. The van der Waals surface area contributed by atoms with Crippen molar-refractivity contribution in [2.45, 2.75) is 64.5 Å². The zero-order valence-electron chi connectivity index (χ0n) is 24.3. The molecule has 2 atom stereocenters. The molecule has 0 radical (unpaired) electrons. The van der Waals surface area contributed by atoms with Crippen LogP contribution in [0.4, 0.5) is 11.4 Å². The van der Waals surface area contributed by atoms with Crippen LogP contribution in [0.3, 0.4) is 0 Å². The summed E-state index contributed by atoms with van der Waals surface area (Å²) in [4.78, 5) is 81.1. The van der Waals surface area contributed by atoms with Gasteiger partial charge >= 0.3 is 11.9 Å². The van der Waals surface area contributed by atoms with E-state index in [9.17, 15) is 28.8 Å². The van der Waals surface area contributed by atoms with Gasteiger partial charge in [-0.25, -0.2) is 9.80 Å². The smallest absolute Gasteiger partial charge is 0.309 e. The molecule has 4 aliphatic heterocycles. The van der Waals surface area contributed by atoms with Gasteiger partial charge in [-0.3, -0.25) is 28.8 Å². The lowest BCUT2D eigenvalue weighted by atomic mass is 9.95. The van der Waals surface area contributed by atoms with Crippen molar-refractivity contribution in [3.63, 3.8) is 0 Å². The molecule has 12 heteroatoms. The number of esters is 2. The van der Waals surface area contributed by atoms with Crippen LogP contribution >= 0.6 is 0 Å². The van der Waals surface area contributed by atoms with Crippen molar-refractivity contribution in [3.05, 3.63) is 24.3 Å². The van der Waals surface area contributed by atoms with Gasteiger partial charge in [0.25, 0.3) is 11.8 Å². The van der Waals surface area contributed by atoms with Gasteiger partial charge in [-0.1, -0.05) is 0 Å². The summed E-state index contributed by atoms with van der Waals surface area (Å²) >= 11 is 0. The maximum atomic E-state index is 13.3. The van der Waals surface area contributed by atoms with Gasteiger partial charge in [0.15, 0.2) is 12.1 Å². The normalized spacial score (nSPS) is 30.1. The molecule has 1 aromatic carbocycles. The number of hydrogen-bond acceptors (Lipinski definition) is 8. The van der Waals surface area contributed by atoms with E-state index in [0.29, 0.717) is 76.5 Å². The van der Waals surface area contributed by atoms with E-state index in [1.165, 1.54) is 9.80 Å². The first-order valence-electron chi connectivity index (χ1n) is 15.1. The Kier molecular flexibility index (Phi) is 9.02. The van der Waals surface area contributed by atoms with Crippen LogP contribution in [-0.2, 0) is 38.2 Å². The minimum atomic E-state index is -0.501. The molecular formula is C30H40N4O8+2. The van der Waals surface area contributed by atoms with Crippen LogP contribution in [0.15, 0.2) is 24.3 Å². The number of nitrogens with one attached hydrogen (secondary N) is 2. The Hall–Kier alpha value is -3.64. The molecule has 1 aromatic rings. The summed E-state index contributed by atoms with van der Waals surface area (Å²) in [6.07, 6.45) is 2.66. The summed E-state index contributed by atoms with van der Waals surface area (Å²) in [7, 11) is 0. The lowest BCUT2D eigenvalue weighted by molar-refractivity contribution is -0.920. The number of hydrogen-bond donors (Lipinski definition) is 2. The minimum Gasteiger partial charge on any atom is -0.466 e. The highest BCUT2D eigenvalue weighted by atomic mass is 16.5. The van der Waals surface area contributed by atoms with Crippen molar-refractivity contribution in [1.82, 2.24) is 0 Å². The van der Waals surface area contributed by atoms with Gasteiger partial charge < -0.3 is 19.3 Å². The van der Waals surface area contributed by atoms with Crippen molar-refractivity contribution in [2.24, 2.45) is 11.8 Å². The third-order valence-electron chi connectivity index (χ3n) is 9.14. The van der Waals surface area contributed by atoms with Crippen molar-refractivity contribution in [1.29, 1.82) is 0 Å². The van der Waals surface area contributed by atoms with Crippen LogP contribution in [0, 0.1) is 11.8 Å². The predicted molar refractivity (Wildman–Crippen MR) is 148 cm³/mol. The SMILES string of the molecule is CCOC(=O)C1CC[NH+]([C@H]2CC(=O)N(c3ccc(N4C(=O)C[C@H]([NH+]5CCC(C(=O)OCC)CC5)C4=O)cc3)C2=O)CC1. The van der Waals surface area contributed by atoms with Crippen molar-refractivity contribution in [2.75, 3.05) is 49.2 Å². The quantitative estimate of drug-likeness (QED) is 0.283. The Balaban J connectivity index is 1.19. The highest BCUT2D eigenvalue weighted by Gasteiger charge is 2.49. The van der Waals surface area contributed by atoms with E-state index in [2.05, 4.69) is 0 Å². The highest BCUT2D eigenvalue weighted by molar-refractivity contribution is 6.23. The van der Waals surface area contributed by atoms with Gasteiger partial charge in [0.2, 0.25) is 11.8 Å². The number of anilines is 2. The van der Waals surface area contributed by atoms with E-state index in [-0.39, 0.29) is 60.2 Å². The average Bonchev–Trinajstić information content (AvgIpc) is 3.46. The summed E-state index contributed by atoms with van der Waals surface area (Å²) < 4.78 is 10.3. The molecular weight excluding hydrogens is 544 g/mol. The van der Waals surface area contributed by atoms with Crippen LogP contribution in [0.1, 0.15) is 52.4 Å². The second-order valence-corrected chi connectivity index (χ2v) is 11.5. The van der Waals surface area contributed by atoms with Crippen LogP contribution in [-0.4, -0.2) is 87.0 Å². The average molecular weight is 585 g/mol. The van der Waals surface area contributed by atoms with Crippen molar-refractivity contribution in [3.8, 4) is 0 Å².